The van der Waals surface area contributed by atoms with Gasteiger partial charge in [-0.15, -0.1) is 0 Å². The molecule has 1 aromatic heterocycles. The molecular formula is C6H6BrClN2O. The van der Waals surface area contributed by atoms with E-state index in [2.05, 4.69) is 25.9 Å². The predicted octanol–water partition coefficient (Wildman–Crippen LogP) is 2.21. The Hall–Kier alpha value is -0.350. The average molecular weight is 237 g/mol. The highest BCUT2D eigenvalue weighted by molar-refractivity contribution is 9.10. The van der Waals surface area contributed by atoms with Crippen LogP contribution < -0.4 is 4.74 Å². The van der Waals surface area contributed by atoms with E-state index in [9.17, 15) is 0 Å². The third-order valence-corrected chi connectivity index (χ3v) is 2.23. The molecule has 0 N–H and O–H groups in total. The molecule has 5 heteroatoms. The quantitative estimate of drug-likeness (QED) is 0.703. The Morgan fingerprint density at radius 2 is 2.09 bits per heavy atom. The van der Waals surface area contributed by atoms with Gasteiger partial charge in [0, 0.05) is 0 Å². The minimum Gasteiger partial charge on any atom is -0.480 e. The van der Waals surface area contributed by atoms with Crippen LogP contribution in [0.4, 0.5) is 0 Å². The number of aromatic nitrogens is 2. The van der Waals surface area contributed by atoms with Crippen molar-refractivity contribution in [3.05, 3.63) is 15.5 Å². The molecule has 11 heavy (non-hydrogen) atoms. The molecule has 3 nitrogen and oxygen atoms in total. The van der Waals surface area contributed by atoms with Crippen molar-refractivity contribution in [2.45, 2.75) is 6.92 Å². The highest BCUT2D eigenvalue weighted by Gasteiger charge is 2.07. The van der Waals surface area contributed by atoms with Gasteiger partial charge in [0.25, 0.3) is 0 Å². The predicted molar refractivity (Wildman–Crippen MR) is 46.0 cm³/mol. The highest BCUT2D eigenvalue weighted by atomic mass is 79.9. The molecule has 0 aromatic carbocycles. The summed E-state index contributed by atoms with van der Waals surface area (Å²) in [6, 6.07) is 0. The lowest BCUT2D eigenvalue weighted by molar-refractivity contribution is 0.393. The lowest BCUT2D eigenvalue weighted by atomic mass is 10.4. The highest BCUT2D eigenvalue weighted by Crippen LogP contribution is 2.25. The first-order valence-electron chi connectivity index (χ1n) is 2.88. The van der Waals surface area contributed by atoms with Crippen LogP contribution in [0.5, 0.6) is 5.88 Å². The second kappa shape index (κ2) is 3.36. The Kier molecular flexibility index (Phi) is 2.67. The largest absolute Gasteiger partial charge is 0.480 e. The normalized spacial score (nSPS) is 9.82. The molecular weight excluding hydrogens is 231 g/mol. The van der Waals surface area contributed by atoms with Crippen LogP contribution in [0.2, 0.25) is 5.28 Å². The maximum atomic E-state index is 5.58. The van der Waals surface area contributed by atoms with Crippen LogP contribution in [0.1, 0.15) is 5.69 Å². The van der Waals surface area contributed by atoms with E-state index in [1.807, 2.05) is 6.92 Å². The van der Waals surface area contributed by atoms with Gasteiger partial charge in [0.05, 0.1) is 12.8 Å². The Bertz CT molecular complexity index is 280. The molecule has 1 heterocycles. The summed E-state index contributed by atoms with van der Waals surface area (Å²) < 4.78 is 5.66. The fourth-order valence-electron chi connectivity index (χ4n) is 0.635. The number of methoxy groups -OCH3 is 1. The van der Waals surface area contributed by atoms with Gasteiger partial charge >= 0.3 is 0 Å². The lowest BCUT2D eigenvalue weighted by Crippen LogP contribution is -1.94. The molecule has 60 valence electrons. The second-order valence-corrected chi connectivity index (χ2v) is 3.03. The van der Waals surface area contributed by atoms with Gasteiger partial charge in [0.15, 0.2) is 0 Å². The number of nitrogens with zero attached hydrogens (tertiary/aromatic N) is 2. The molecule has 0 spiro atoms. The molecule has 0 atom stereocenters. The van der Waals surface area contributed by atoms with Gasteiger partial charge in [-0.3, -0.25) is 0 Å². The van der Waals surface area contributed by atoms with Gasteiger partial charge in [-0.2, -0.15) is 4.98 Å². The Morgan fingerprint density at radius 3 is 2.64 bits per heavy atom. The average Bonchev–Trinajstić information content (AvgIpc) is 1.96. The summed E-state index contributed by atoms with van der Waals surface area (Å²) in [5.41, 5.74) is 0.766. The Labute approximate surface area is 77.9 Å². The van der Waals surface area contributed by atoms with Crippen molar-refractivity contribution in [3.8, 4) is 5.88 Å². The molecule has 1 rings (SSSR count). The van der Waals surface area contributed by atoms with Crippen LogP contribution in [-0.4, -0.2) is 17.1 Å². The van der Waals surface area contributed by atoms with Crippen molar-refractivity contribution >= 4 is 27.5 Å². The van der Waals surface area contributed by atoms with Gasteiger partial charge in [-0.1, -0.05) is 0 Å². The number of rotatable bonds is 1. The molecule has 0 saturated carbocycles. The fourth-order valence-corrected chi connectivity index (χ4v) is 1.18. The molecule has 0 bridgehead atoms. The van der Waals surface area contributed by atoms with E-state index in [4.69, 9.17) is 16.3 Å². The summed E-state index contributed by atoms with van der Waals surface area (Å²) in [6.07, 6.45) is 0. The second-order valence-electron chi connectivity index (χ2n) is 1.90. The van der Waals surface area contributed by atoms with Crippen molar-refractivity contribution in [2.24, 2.45) is 0 Å². The molecule has 0 unspecified atom stereocenters. The maximum Gasteiger partial charge on any atom is 0.232 e. The van der Waals surface area contributed by atoms with Crippen LogP contribution in [-0.2, 0) is 0 Å². The topological polar surface area (TPSA) is 35.0 Å². The summed E-state index contributed by atoms with van der Waals surface area (Å²) in [4.78, 5) is 7.75. The molecule has 0 aliphatic heterocycles. The number of hydrogen-bond donors (Lipinski definition) is 0. The monoisotopic (exact) mass is 236 g/mol. The Balaban J connectivity index is 3.24. The third kappa shape index (κ3) is 1.81. The van der Waals surface area contributed by atoms with E-state index < -0.39 is 0 Å². The molecule has 0 fully saturated rings. The third-order valence-electron chi connectivity index (χ3n) is 1.15. The van der Waals surface area contributed by atoms with Gasteiger partial charge < -0.3 is 4.74 Å². The van der Waals surface area contributed by atoms with Crippen molar-refractivity contribution in [1.29, 1.82) is 0 Å². The van der Waals surface area contributed by atoms with E-state index in [1.165, 1.54) is 7.11 Å². The first-order chi connectivity index (χ1) is 5.15. The van der Waals surface area contributed by atoms with Crippen LogP contribution >= 0.6 is 27.5 Å². The van der Waals surface area contributed by atoms with Gasteiger partial charge in [-0.05, 0) is 34.5 Å². The molecule has 0 radical (unpaired) electrons. The van der Waals surface area contributed by atoms with Crippen LogP contribution in [0.3, 0.4) is 0 Å². The summed E-state index contributed by atoms with van der Waals surface area (Å²) in [5, 5.41) is 0.197. The molecule has 0 aliphatic carbocycles. The standard InChI is InChI=1S/C6H6BrClN2O/c1-3-4(7)5(11-2)10-6(8)9-3/h1-2H3. The molecule has 1 aromatic rings. The zero-order valence-electron chi connectivity index (χ0n) is 6.06. The van der Waals surface area contributed by atoms with E-state index >= 15 is 0 Å². The summed E-state index contributed by atoms with van der Waals surface area (Å²) in [6.45, 7) is 1.82. The molecule has 0 amide bonds. The van der Waals surface area contributed by atoms with Gasteiger partial charge in [0.1, 0.15) is 4.47 Å². The summed E-state index contributed by atoms with van der Waals surface area (Å²) in [7, 11) is 1.53. The minimum absolute atomic E-state index is 0.197. The van der Waals surface area contributed by atoms with Crippen LogP contribution in [0.15, 0.2) is 4.47 Å². The zero-order chi connectivity index (χ0) is 8.43. The minimum atomic E-state index is 0.197. The van der Waals surface area contributed by atoms with Crippen molar-refractivity contribution in [1.82, 2.24) is 9.97 Å². The summed E-state index contributed by atoms with van der Waals surface area (Å²) >= 11 is 8.84. The van der Waals surface area contributed by atoms with E-state index in [0.717, 1.165) is 10.2 Å². The van der Waals surface area contributed by atoms with Crippen molar-refractivity contribution < 1.29 is 4.74 Å². The molecule has 0 aliphatic rings. The van der Waals surface area contributed by atoms with Crippen molar-refractivity contribution in [3.63, 3.8) is 0 Å². The maximum absolute atomic E-state index is 5.58. The number of hydrogen-bond acceptors (Lipinski definition) is 3. The first-order valence-corrected chi connectivity index (χ1v) is 4.06. The number of ether oxygens (including phenoxy) is 1. The number of aryl methyl sites for hydroxylation is 1. The summed E-state index contributed by atoms with van der Waals surface area (Å²) in [5.74, 6) is 0.461. The SMILES string of the molecule is COc1nc(Cl)nc(C)c1Br. The van der Waals surface area contributed by atoms with E-state index in [0.29, 0.717) is 5.88 Å². The number of halogens is 2. The van der Waals surface area contributed by atoms with E-state index in [-0.39, 0.29) is 5.28 Å². The van der Waals surface area contributed by atoms with Gasteiger partial charge in [-0.25, -0.2) is 4.98 Å². The van der Waals surface area contributed by atoms with E-state index in [1.54, 1.807) is 0 Å². The smallest absolute Gasteiger partial charge is 0.232 e. The Morgan fingerprint density at radius 1 is 1.45 bits per heavy atom. The first kappa shape index (κ1) is 8.74. The zero-order valence-corrected chi connectivity index (χ0v) is 8.40. The van der Waals surface area contributed by atoms with Crippen LogP contribution in [0, 0.1) is 6.92 Å². The fraction of sp³-hybridized carbons (Fsp3) is 0.333. The lowest BCUT2D eigenvalue weighted by Gasteiger charge is -2.03. The van der Waals surface area contributed by atoms with Crippen LogP contribution in [0.25, 0.3) is 0 Å². The van der Waals surface area contributed by atoms with Crippen molar-refractivity contribution in [2.75, 3.05) is 7.11 Å². The molecule has 0 saturated heterocycles. The van der Waals surface area contributed by atoms with Gasteiger partial charge in [0.2, 0.25) is 11.2 Å².